The molecule has 0 radical (unpaired) electrons. The van der Waals surface area contributed by atoms with Crippen LogP contribution in [0.2, 0.25) is 0 Å². The lowest BCUT2D eigenvalue weighted by atomic mass is 9.64. The van der Waals surface area contributed by atoms with Crippen molar-refractivity contribution in [1.82, 2.24) is 5.32 Å². The van der Waals surface area contributed by atoms with Gasteiger partial charge < -0.3 is 5.32 Å². The smallest absolute Gasteiger partial charge is 0.00148 e. The predicted octanol–water partition coefficient (Wildman–Crippen LogP) is 4.82. The molecule has 112 valence electrons. The molecule has 0 aromatic heterocycles. The van der Waals surface area contributed by atoms with Crippen molar-refractivity contribution in [2.75, 3.05) is 13.1 Å². The Hall–Kier alpha value is -0.820. The van der Waals surface area contributed by atoms with E-state index in [0.29, 0.717) is 5.41 Å². The first kappa shape index (κ1) is 15.6. The van der Waals surface area contributed by atoms with E-state index in [2.05, 4.69) is 58.1 Å². The molecule has 0 bridgehead atoms. The third-order valence-corrected chi connectivity index (χ3v) is 5.02. The number of hydrogen-bond acceptors (Lipinski definition) is 1. The first-order valence-electron chi connectivity index (χ1n) is 8.21. The van der Waals surface area contributed by atoms with Gasteiger partial charge in [0.2, 0.25) is 0 Å². The Bertz CT molecular complexity index is 447. The fourth-order valence-corrected chi connectivity index (χ4v) is 3.74. The highest BCUT2D eigenvalue weighted by Gasteiger charge is 2.35. The van der Waals surface area contributed by atoms with Crippen LogP contribution >= 0.6 is 0 Å². The van der Waals surface area contributed by atoms with E-state index in [0.717, 1.165) is 18.4 Å². The number of nitrogens with one attached hydrogen (secondary N) is 1. The molecule has 1 aromatic rings. The van der Waals surface area contributed by atoms with Crippen LogP contribution < -0.4 is 5.32 Å². The van der Waals surface area contributed by atoms with Crippen LogP contribution in [0.3, 0.4) is 0 Å². The van der Waals surface area contributed by atoms with E-state index >= 15 is 0 Å². The summed E-state index contributed by atoms with van der Waals surface area (Å²) >= 11 is 0. The van der Waals surface area contributed by atoms with Gasteiger partial charge in [0, 0.05) is 0 Å². The molecule has 0 spiro atoms. The van der Waals surface area contributed by atoms with Crippen LogP contribution in [0.25, 0.3) is 0 Å². The van der Waals surface area contributed by atoms with Gasteiger partial charge in [-0.3, -0.25) is 0 Å². The maximum atomic E-state index is 3.58. The van der Waals surface area contributed by atoms with Crippen molar-refractivity contribution in [2.24, 2.45) is 11.3 Å². The Morgan fingerprint density at radius 3 is 2.70 bits per heavy atom. The summed E-state index contributed by atoms with van der Waals surface area (Å²) in [5.74, 6) is 1.51. The van der Waals surface area contributed by atoms with Crippen molar-refractivity contribution in [1.29, 1.82) is 0 Å². The minimum absolute atomic E-state index is 0.490. The van der Waals surface area contributed by atoms with Gasteiger partial charge in [0.1, 0.15) is 0 Å². The summed E-state index contributed by atoms with van der Waals surface area (Å²) in [4.78, 5) is 0. The van der Waals surface area contributed by atoms with Crippen LogP contribution in [-0.2, 0) is 0 Å². The second kappa shape index (κ2) is 6.30. The van der Waals surface area contributed by atoms with Crippen molar-refractivity contribution < 1.29 is 0 Å². The minimum Gasteiger partial charge on any atom is -0.317 e. The monoisotopic (exact) mass is 273 g/mol. The summed E-state index contributed by atoms with van der Waals surface area (Å²) in [6, 6.07) is 6.98. The van der Waals surface area contributed by atoms with Crippen molar-refractivity contribution in [3.8, 4) is 0 Å². The average molecular weight is 273 g/mol. The normalized spacial score (nSPS) is 25.6. The summed E-state index contributed by atoms with van der Waals surface area (Å²) in [6.45, 7) is 13.8. The van der Waals surface area contributed by atoms with Crippen molar-refractivity contribution in [3.05, 3.63) is 34.9 Å². The summed E-state index contributed by atoms with van der Waals surface area (Å²) in [7, 11) is 0. The van der Waals surface area contributed by atoms with Gasteiger partial charge in [-0.05, 0) is 74.6 Å². The zero-order chi connectivity index (χ0) is 14.8. The Morgan fingerprint density at radius 1 is 1.25 bits per heavy atom. The molecule has 1 aliphatic carbocycles. The van der Waals surface area contributed by atoms with E-state index in [1.165, 1.54) is 36.9 Å². The lowest BCUT2D eigenvalue weighted by Crippen LogP contribution is -2.35. The van der Waals surface area contributed by atoms with Gasteiger partial charge in [-0.1, -0.05) is 44.5 Å². The maximum Gasteiger partial charge on any atom is -0.00148 e. The van der Waals surface area contributed by atoms with Crippen molar-refractivity contribution >= 4 is 0 Å². The van der Waals surface area contributed by atoms with Gasteiger partial charge in [-0.25, -0.2) is 0 Å². The molecule has 2 atom stereocenters. The second-order valence-electron chi connectivity index (χ2n) is 7.44. The molecule has 1 saturated carbocycles. The molecule has 1 nitrogen and oxygen atoms in total. The number of hydrogen-bond donors (Lipinski definition) is 1. The van der Waals surface area contributed by atoms with E-state index in [1.807, 2.05) is 0 Å². The molecule has 2 unspecified atom stereocenters. The fraction of sp³-hybridized carbons (Fsp3) is 0.684. The van der Waals surface area contributed by atoms with E-state index in [4.69, 9.17) is 0 Å². The molecule has 0 amide bonds. The minimum atomic E-state index is 0.490. The first-order valence-corrected chi connectivity index (χ1v) is 8.21. The van der Waals surface area contributed by atoms with E-state index in [9.17, 15) is 0 Å². The van der Waals surface area contributed by atoms with E-state index < -0.39 is 0 Å². The van der Waals surface area contributed by atoms with Gasteiger partial charge in [0.15, 0.2) is 0 Å². The number of benzene rings is 1. The van der Waals surface area contributed by atoms with Gasteiger partial charge in [-0.2, -0.15) is 0 Å². The largest absolute Gasteiger partial charge is 0.317 e. The second-order valence-corrected chi connectivity index (χ2v) is 7.44. The lowest BCUT2D eigenvalue weighted by Gasteiger charge is -2.42. The molecule has 1 aliphatic rings. The highest BCUT2D eigenvalue weighted by molar-refractivity contribution is 5.34. The van der Waals surface area contributed by atoms with Gasteiger partial charge in [0.05, 0.1) is 0 Å². The van der Waals surface area contributed by atoms with Crippen molar-refractivity contribution in [2.45, 2.75) is 59.8 Å². The highest BCUT2D eigenvalue weighted by Crippen LogP contribution is 2.47. The van der Waals surface area contributed by atoms with Crippen LogP contribution in [0.15, 0.2) is 18.2 Å². The highest BCUT2D eigenvalue weighted by atomic mass is 14.8. The van der Waals surface area contributed by atoms with Gasteiger partial charge in [0.25, 0.3) is 0 Å². The van der Waals surface area contributed by atoms with Gasteiger partial charge >= 0.3 is 0 Å². The molecule has 0 heterocycles. The third kappa shape index (κ3) is 3.63. The fourth-order valence-electron chi connectivity index (χ4n) is 3.74. The van der Waals surface area contributed by atoms with Crippen molar-refractivity contribution in [3.63, 3.8) is 0 Å². The topological polar surface area (TPSA) is 12.0 Å². The molecule has 0 aliphatic heterocycles. The lowest BCUT2D eigenvalue weighted by molar-refractivity contribution is 0.160. The van der Waals surface area contributed by atoms with Crippen LogP contribution in [-0.4, -0.2) is 13.1 Å². The van der Waals surface area contributed by atoms with Crippen LogP contribution in [0.4, 0.5) is 0 Å². The molecule has 1 heteroatoms. The summed E-state index contributed by atoms with van der Waals surface area (Å²) in [6.07, 6.45) is 4.05. The summed E-state index contributed by atoms with van der Waals surface area (Å²) in [5, 5.41) is 3.58. The molecule has 2 rings (SSSR count). The molecular formula is C19H31N. The summed E-state index contributed by atoms with van der Waals surface area (Å²) < 4.78 is 0. The molecular weight excluding hydrogens is 242 g/mol. The number of rotatable bonds is 4. The molecule has 20 heavy (non-hydrogen) atoms. The summed E-state index contributed by atoms with van der Waals surface area (Å²) in [5.41, 5.74) is 4.96. The molecule has 1 fully saturated rings. The predicted molar refractivity (Wildman–Crippen MR) is 88.3 cm³/mol. The first-order chi connectivity index (χ1) is 9.43. The molecule has 0 saturated heterocycles. The maximum absolute atomic E-state index is 3.58. The zero-order valence-corrected chi connectivity index (χ0v) is 13.9. The Morgan fingerprint density at radius 2 is 2.00 bits per heavy atom. The van der Waals surface area contributed by atoms with E-state index in [-0.39, 0.29) is 0 Å². The molecule has 1 N–H and O–H groups in total. The zero-order valence-electron chi connectivity index (χ0n) is 13.9. The van der Waals surface area contributed by atoms with Crippen LogP contribution in [0.5, 0.6) is 0 Å². The third-order valence-electron chi connectivity index (χ3n) is 5.02. The van der Waals surface area contributed by atoms with Crippen LogP contribution in [0.1, 0.15) is 62.6 Å². The Kier molecular flexibility index (Phi) is 4.90. The Balaban J connectivity index is 2.28. The van der Waals surface area contributed by atoms with Crippen LogP contribution in [0, 0.1) is 25.2 Å². The Labute approximate surface area is 125 Å². The van der Waals surface area contributed by atoms with Gasteiger partial charge in [-0.15, -0.1) is 0 Å². The number of aryl methyl sites for hydroxylation is 2. The van der Waals surface area contributed by atoms with E-state index in [1.54, 1.807) is 5.56 Å². The standard InChI is InChI=1S/C19H31N/c1-6-20-13-16-9-10-19(4,5)12-18(16)17-11-14(2)7-8-15(17)3/h7-8,11,16,18,20H,6,9-10,12-13H2,1-5H3. The quantitative estimate of drug-likeness (QED) is 0.829. The molecule has 1 aromatic carbocycles. The SMILES string of the molecule is CCNCC1CCC(C)(C)CC1c1cc(C)ccc1C. The average Bonchev–Trinajstić information content (AvgIpc) is 2.39.